The van der Waals surface area contributed by atoms with Gasteiger partial charge in [0.25, 0.3) is 0 Å². The van der Waals surface area contributed by atoms with Crippen molar-refractivity contribution in [1.29, 1.82) is 0 Å². The van der Waals surface area contributed by atoms with Crippen LogP contribution < -0.4 is 0 Å². The average molecular weight is 333 g/mol. The van der Waals surface area contributed by atoms with E-state index in [0.29, 0.717) is 23.4 Å². The summed E-state index contributed by atoms with van der Waals surface area (Å²) in [4.78, 5) is 0. The Morgan fingerprint density at radius 2 is 1.67 bits per heavy atom. The van der Waals surface area contributed by atoms with Gasteiger partial charge in [-0.2, -0.15) is 0 Å². The van der Waals surface area contributed by atoms with E-state index in [4.69, 9.17) is 0 Å². The lowest BCUT2D eigenvalue weighted by Gasteiger charge is -2.62. The van der Waals surface area contributed by atoms with Gasteiger partial charge in [-0.25, -0.2) is 0 Å². The summed E-state index contributed by atoms with van der Waals surface area (Å²) in [6.07, 6.45) is 13.2. The van der Waals surface area contributed by atoms with Crippen LogP contribution in [0, 0.1) is 52.3 Å². The number of hydrogen-bond acceptors (Lipinski definition) is 1. The standard InChI is InChI=1S/C23H40O/c1-15-13-17-20-9-8-19(16(2)14-24)23(20,4)12-10-21(17)22(3)11-6-5-7-18(15)22/h15-21,24H,5-14H2,1-4H3. The van der Waals surface area contributed by atoms with Gasteiger partial charge >= 0.3 is 0 Å². The van der Waals surface area contributed by atoms with Gasteiger partial charge in [0, 0.05) is 6.61 Å². The number of hydrogen-bond donors (Lipinski definition) is 1. The summed E-state index contributed by atoms with van der Waals surface area (Å²) >= 11 is 0. The first-order valence-corrected chi connectivity index (χ1v) is 11.0. The molecule has 1 nitrogen and oxygen atoms in total. The first-order valence-electron chi connectivity index (χ1n) is 11.0. The maximum atomic E-state index is 9.77. The summed E-state index contributed by atoms with van der Waals surface area (Å²) in [5.41, 5.74) is 1.16. The van der Waals surface area contributed by atoms with Crippen LogP contribution in [0.4, 0.5) is 0 Å². The molecule has 4 fully saturated rings. The smallest absolute Gasteiger partial charge is 0.0459 e. The minimum Gasteiger partial charge on any atom is -0.396 e. The van der Waals surface area contributed by atoms with Gasteiger partial charge in [-0.1, -0.05) is 40.5 Å². The molecule has 0 spiro atoms. The molecule has 4 aliphatic rings. The molecule has 4 saturated carbocycles. The third-order valence-electron chi connectivity index (χ3n) is 9.99. The van der Waals surface area contributed by atoms with Gasteiger partial charge < -0.3 is 5.11 Å². The molecule has 9 atom stereocenters. The SMILES string of the molecule is CC(CO)C1CCC2C3CC(C)C4CCCCC4(C)C3CCC12C. The highest BCUT2D eigenvalue weighted by Crippen LogP contribution is 2.69. The van der Waals surface area contributed by atoms with Gasteiger partial charge in [0.05, 0.1) is 0 Å². The second-order valence-corrected chi connectivity index (χ2v) is 10.8. The Labute approximate surface area is 150 Å². The van der Waals surface area contributed by atoms with Gasteiger partial charge in [-0.15, -0.1) is 0 Å². The molecule has 24 heavy (non-hydrogen) atoms. The van der Waals surface area contributed by atoms with E-state index < -0.39 is 0 Å². The molecule has 0 aliphatic heterocycles. The fourth-order valence-electron chi connectivity index (χ4n) is 8.91. The summed E-state index contributed by atoms with van der Waals surface area (Å²) in [6.45, 7) is 10.6. The molecule has 0 aromatic rings. The lowest BCUT2D eigenvalue weighted by atomic mass is 9.43. The minimum absolute atomic E-state index is 0.386. The maximum absolute atomic E-state index is 9.77. The van der Waals surface area contributed by atoms with Crippen LogP contribution in [0.15, 0.2) is 0 Å². The molecule has 1 N–H and O–H groups in total. The van der Waals surface area contributed by atoms with E-state index in [-0.39, 0.29) is 0 Å². The van der Waals surface area contributed by atoms with Gasteiger partial charge in [-0.05, 0) is 97.2 Å². The van der Waals surface area contributed by atoms with Crippen molar-refractivity contribution in [3.05, 3.63) is 0 Å². The Kier molecular flexibility index (Phi) is 4.34. The largest absolute Gasteiger partial charge is 0.396 e. The highest BCUT2D eigenvalue weighted by molar-refractivity contribution is 5.10. The van der Waals surface area contributed by atoms with Crippen LogP contribution >= 0.6 is 0 Å². The first-order chi connectivity index (χ1) is 11.4. The first kappa shape index (κ1) is 17.4. The van der Waals surface area contributed by atoms with Gasteiger partial charge in [0.2, 0.25) is 0 Å². The van der Waals surface area contributed by atoms with Crippen molar-refractivity contribution >= 4 is 0 Å². The zero-order valence-corrected chi connectivity index (χ0v) is 16.6. The molecule has 0 aromatic carbocycles. The maximum Gasteiger partial charge on any atom is 0.0459 e. The van der Waals surface area contributed by atoms with Crippen LogP contribution in [-0.4, -0.2) is 11.7 Å². The monoisotopic (exact) mass is 332 g/mol. The van der Waals surface area contributed by atoms with E-state index in [9.17, 15) is 5.11 Å². The van der Waals surface area contributed by atoms with E-state index in [1.165, 1.54) is 57.8 Å². The van der Waals surface area contributed by atoms with Crippen LogP contribution in [-0.2, 0) is 0 Å². The predicted molar refractivity (Wildman–Crippen MR) is 101 cm³/mol. The van der Waals surface area contributed by atoms with Crippen molar-refractivity contribution in [2.24, 2.45) is 52.3 Å². The summed E-state index contributed by atoms with van der Waals surface area (Å²) in [5, 5.41) is 9.77. The topological polar surface area (TPSA) is 20.2 Å². The highest BCUT2D eigenvalue weighted by atomic mass is 16.3. The van der Waals surface area contributed by atoms with Gasteiger partial charge in [-0.3, -0.25) is 0 Å². The van der Waals surface area contributed by atoms with Crippen molar-refractivity contribution in [2.45, 2.75) is 85.5 Å². The molecule has 138 valence electrons. The van der Waals surface area contributed by atoms with Crippen LogP contribution in [0.1, 0.15) is 85.5 Å². The average Bonchev–Trinajstić information content (AvgIpc) is 2.91. The molecule has 1 heteroatoms. The zero-order chi connectivity index (χ0) is 17.1. The van der Waals surface area contributed by atoms with Crippen LogP contribution in [0.5, 0.6) is 0 Å². The molecule has 9 unspecified atom stereocenters. The van der Waals surface area contributed by atoms with Gasteiger partial charge in [0.15, 0.2) is 0 Å². The number of aliphatic hydroxyl groups is 1. The molecule has 0 aromatic heterocycles. The normalized spacial score (nSPS) is 55.4. The Hall–Kier alpha value is -0.0400. The van der Waals surface area contributed by atoms with Crippen molar-refractivity contribution < 1.29 is 5.11 Å². The van der Waals surface area contributed by atoms with E-state index in [1.54, 1.807) is 0 Å². The van der Waals surface area contributed by atoms with Crippen molar-refractivity contribution in [3.8, 4) is 0 Å². The fourth-order valence-corrected chi connectivity index (χ4v) is 8.91. The Morgan fingerprint density at radius 1 is 0.917 bits per heavy atom. The molecular weight excluding hydrogens is 292 g/mol. The van der Waals surface area contributed by atoms with Gasteiger partial charge in [0.1, 0.15) is 0 Å². The van der Waals surface area contributed by atoms with Crippen molar-refractivity contribution in [2.75, 3.05) is 6.61 Å². The number of fused-ring (bicyclic) bond motifs is 5. The lowest BCUT2D eigenvalue weighted by molar-refractivity contribution is -0.135. The lowest BCUT2D eigenvalue weighted by Crippen LogP contribution is -2.55. The molecular formula is C23H40O. The molecule has 0 bridgehead atoms. The second kappa shape index (κ2) is 6.00. The van der Waals surface area contributed by atoms with Crippen LogP contribution in [0.25, 0.3) is 0 Å². The molecule has 0 heterocycles. The zero-order valence-electron chi connectivity index (χ0n) is 16.6. The summed E-state index contributed by atoms with van der Waals surface area (Å²) < 4.78 is 0. The van der Waals surface area contributed by atoms with E-state index in [1.807, 2.05) is 0 Å². The third-order valence-corrected chi connectivity index (χ3v) is 9.99. The molecule has 4 aliphatic carbocycles. The summed E-state index contributed by atoms with van der Waals surface area (Å²) in [6, 6.07) is 0. The molecule has 0 saturated heterocycles. The van der Waals surface area contributed by atoms with E-state index >= 15 is 0 Å². The van der Waals surface area contributed by atoms with E-state index in [0.717, 1.165) is 35.5 Å². The molecule has 0 radical (unpaired) electrons. The summed E-state index contributed by atoms with van der Waals surface area (Å²) in [5.74, 6) is 6.13. The Balaban J connectivity index is 1.63. The Bertz CT molecular complexity index is 473. The van der Waals surface area contributed by atoms with Crippen molar-refractivity contribution in [3.63, 3.8) is 0 Å². The second-order valence-electron chi connectivity index (χ2n) is 10.8. The van der Waals surface area contributed by atoms with E-state index in [2.05, 4.69) is 27.7 Å². The fraction of sp³-hybridized carbons (Fsp3) is 1.00. The van der Waals surface area contributed by atoms with Crippen molar-refractivity contribution in [1.82, 2.24) is 0 Å². The van der Waals surface area contributed by atoms with Crippen LogP contribution in [0.3, 0.4) is 0 Å². The number of aliphatic hydroxyl groups excluding tert-OH is 1. The molecule has 4 rings (SSSR count). The quantitative estimate of drug-likeness (QED) is 0.666. The highest BCUT2D eigenvalue weighted by Gasteiger charge is 2.61. The number of rotatable bonds is 2. The minimum atomic E-state index is 0.386. The van der Waals surface area contributed by atoms with Crippen LogP contribution in [0.2, 0.25) is 0 Å². The Morgan fingerprint density at radius 3 is 2.42 bits per heavy atom. The molecule has 0 amide bonds. The predicted octanol–water partition coefficient (Wildman–Crippen LogP) is 5.91. The third kappa shape index (κ3) is 2.29. The summed E-state index contributed by atoms with van der Waals surface area (Å²) in [7, 11) is 0.